The van der Waals surface area contributed by atoms with Gasteiger partial charge in [-0.3, -0.25) is 0 Å². The number of hydrogen-bond donors (Lipinski definition) is 2. The number of benzene rings is 2. The quantitative estimate of drug-likeness (QED) is 0.834. The van der Waals surface area contributed by atoms with Crippen molar-refractivity contribution in [3.8, 4) is 5.75 Å². The van der Waals surface area contributed by atoms with E-state index in [9.17, 15) is 5.11 Å². The Kier molecular flexibility index (Phi) is 4.07. The minimum absolute atomic E-state index is 0.149. The van der Waals surface area contributed by atoms with Gasteiger partial charge < -0.3 is 15.6 Å². The van der Waals surface area contributed by atoms with E-state index >= 15 is 0 Å². The molecule has 0 heterocycles. The van der Waals surface area contributed by atoms with Crippen LogP contribution in [0.5, 0.6) is 5.75 Å². The van der Waals surface area contributed by atoms with Crippen LogP contribution < -0.4 is 10.5 Å². The molecule has 0 amide bonds. The highest BCUT2D eigenvalue weighted by molar-refractivity contribution is 6.30. The van der Waals surface area contributed by atoms with Gasteiger partial charge in [-0.1, -0.05) is 29.8 Å². The standard InChI is InChI=1S/C14H14ClNO2/c15-10-5-7-11(8-6-10)18-9-14(17)12-3-1-2-4-13(12)16/h1-8,14,17H,9,16H2. The van der Waals surface area contributed by atoms with E-state index < -0.39 is 6.10 Å². The van der Waals surface area contributed by atoms with Crippen LogP contribution in [0.3, 0.4) is 0 Å². The van der Waals surface area contributed by atoms with Crippen LogP contribution in [0.4, 0.5) is 5.69 Å². The van der Waals surface area contributed by atoms with Crippen LogP contribution in [0.15, 0.2) is 48.5 Å². The van der Waals surface area contributed by atoms with Gasteiger partial charge in [-0.2, -0.15) is 0 Å². The summed E-state index contributed by atoms with van der Waals surface area (Å²) >= 11 is 5.77. The van der Waals surface area contributed by atoms with Crippen molar-refractivity contribution >= 4 is 17.3 Å². The SMILES string of the molecule is Nc1ccccc1C(O)COc1ccc(Cl)cc1. The first-order valence-electron chi connectivity index (χ1n) is 5.57. The van der Waals surface area contributed by atoms with Gasteiger partial charge >= 0.3 is 0 Å². The van der Waals surface area contributed by atoms with Crippen LogP contribution in [0.25, 0.3) is 0 Å². The molecule has 0 saturated carbocycles. The van der Waals surface area contributed by atoms with Crippen LogP contribution in [0.2, 0.25) is 5.02 Å². The Morgan fingerprint density at radius 3 is 2.44 bits per heavy atom. The maximum atomic E-state index is 9.99. The molecule has 3 N–H and O–H groups in total. The average molecular weight is 264 g/mol. The Morgan fingerprint density at radius 2 is 1.78 bits per heavy atom. The third-order valence-corrected chi connectivity index (χ3v) is 2.83. The Morgan fingerprint density at radius 1 is 1.11 bits per heavy atom. The topological polar surface area (TPSA) is 55.5 Å². The number of aliphatic hydroxyl groups excluding tert-OH is 1. The molecule has 0 saturated heterocycles. The van der Waals surface area contributed by atoms with Crippen molar-refractivity contribution in [3.63, 3.8) is 0 Å². The average Bonchev–Trinajstić information content (AvgIpc) is 2.38. The Labute approximate surface area is 111 Å². The van der Waals surface area contributed by atoms with Crippen molar-refractivity contribution in [2.24, 2.45) is 0 Å². The molecule has 0 aromatic heterocycles. The molecule has 18 heavy (non-hydrogen) atoms. The van der Waals surface area contributed by atoms with E-state index in [0.717, 1.165) is 0 Å². The first-order chi connectivity index (χ1) is 8.66. The van der Waals surface area contributed by atoms with Crippen molar-refractivity contribution in [2.45, 2.75) is 6.10 Å². The summed E-state index contributed by atoms with van der Waals surface area (Å²) in [5, 5.41) is 10.6. The summed E-state index contributed by atoms with van der Waals surface area (Å²) in [7, 11) is 0. The zero-order chi connectivity index (χ0) is 13.0. The highest BCUT2D eigenvalue weighted by Gasteiger charge is 2.11. The van der Waals surface area contributed by atoms with Gasteiger partial charge in [0.05, 0.1) is 0 Å². The predicted octanol–water partition coefficient (Wildman–Crippen LogP) is 3.03. The third-order valence-electron chi connectivity index (χ3n) is 2.58. The van der Waals surface area contributed by atoms with Crippen LogP contribution in [-0.4, -0.2) is 11.7 Å². The summed E-state index contributed by atoms with van der Waals surface area (Å²) in [6, 6.07) is 14.2. The number of nitrogens with two attached hydrogens (primary N) is 1. The summed E-state index contributed by atoms with van der Waals surface area (Å²) in [4.78, 5) is 0. The molecule has 0 fully saturated rings. The molecule has 2 rings (SSSR count). The lowest BCUT2D eigenvalue weighted by Crippen LogP contribution is -2.11. The molecular weight excluding hydrogens is 250 g/mol. The highest BCUT2D eigenvalue weighted by Crippen LogP contribution is 2.22. The van der Waals surface area contributed by atoms with Crippen LogP contribution in [0.1, 0.15) is 11.7 Å². The molecule has 0 bridgehead atoms. The van der Waals surface area contributed by atoms with Gasteiger partial charge in [0.25, 0.3) is 0 Å². The molecule has 2 aromatic rings. The second-order valence-electron chi connectivity index (χ2n) is 3.91. The Bertz CT molecular complexity index is 513. The monoisotopic (exact) mass is 263 g/mol. The van der Waals surface area contributed by atoms with E-state index in [-0.39, 0.29) is 6.61 Å². The summed E-state index contributed by atoms with van der Waals surface area (Å²) in [6.45, 7) is 0.149. The van der Waals surface area contributed by atoms with Crippen molar-refractivity contribution in [2.75, 3.05) is 12.3 Å². The molecule has 3 nitrogen and oxygen atoms in total. The summed E-state index contributed by atoms with van der Waals surface area (Å²) in [6.07, 6.45) is -0.748. The van der Waals surface area contributed by atoms with Gasteiger partial charge in [-0.15, -0.1) is 0 Å². The molecule has 2 aromatic carbocycles. The normalized spacial score (nSPS) is 12.1. The number of nitrogen functional groups attached to an aromatic ring is 1. The second-order valence-corrected chi connectivity index (χ2v) is 4.35. The molecule has 0 aliphatic rings. The zero-order valence-electron chi connectivity index (χ0n) is 9.71. The number of aliphatic hydroxyl groups is 1. The lowest BCUT2D eigenvalue weighted by molar-refractivity contribution is 0.109. The van der Waals surface area contributed by atoms with E-state index in [1.54, 1.807) is 36.4 Å². The lowest BCUT2D eigenvalue weighted by Gasteiger charge is -2.14. The summed E-state index contributed by atoms with van der Waals surface area (Å²) in [5.74, 6) is 0.660. The number of ether oxygens (including phenoxy) is 1. The smallest absolute Gasteiger partial charge is 0.119 e. The molecule has 0 aliphatic heterocycles. The van der Waals surface area contributed by atoms with Crippen LogP contribution >= 0.6 is 11.6 Å². The van der Waals surface area contributed by atoms with E-state index in [0.29, 0.717) is 22.0 Å². The van der Waals surface area contributed by atoms with Gasteiger partial charge in [-0.25, -0.2) is 0 Å². The predicted molar refractivity (Wildman–Crippen MR) is 72.8 cm³/mol. The summed E-state index contributed by atoms with van der Waals surface area (Å²) < 4.78 is 5.47. The molecular formula is C14H14ClNO2. The Balaban J connectivity index is 1.98. The minimum Gasteiger partial charge on any atom is -0.491 e. The van der Waals surface area contributed by atoms with E-state index in [4.69, 9.17) is 22.1 Å². The third kappa shape index (κ3) is 3.15. The molecule has 0 aliphatic carbocycles. The summed E-state index contributed by atoms with van der Waals surface area (Å²) in [5.41, 5.74) is 7.01. The fourth-order valence-corrected chi connectivity index (χ4v) is 1.74. The number of hydrogen-bond acceptors (Lipinski definition) is 3. The highest BCUT2D eigenvalue weighted by atomic mass is 35.5. The van der Waals surface area contributed by atoms with E-state index in [2.05, 4.69) is 0 Å². The van der Waals surface area contributed by atoms with Gasteiger partial charge in [0.1, 0.15) is 18.5 Å². The molecule has 1 unspecified atom stereocenters. The number of halogens is 1. The number of rotatable bonds is 4. The molecule has 0 radical (unpaired) electrons. The lowest BCUT2D eigenvalue weighted by atomic mass is 10.1. The maximum absolute atomic E-state index is 9.99. The number of para-hydroxylation sites is 1. The zero-order valence-corrected chi connectivity index (χ0v) is 10.5. The Hall–Kier alpha value is -1.71. The molecule has 1 atom stereocenters. The minimum atomic E-state index is -0.748. The number of anilines is 1. The van der Waals surface area contributed by atoms with Crippen molar-refractivity contribution in [3.05, 3.63) is 59.1 Å². The van der Waals surface area contributed by atoms with Crippen molar-refractivity contribution in [1.82, 2.24) is 0 Å². The van der Waals surface area contributed by atoms with E-state index in [1.165, 1.54) is 0 Å². The van der Waals surface area contributed by atoms with E-state index in [1.807, 2.05) is 12.1 Å². The maximum Gasteiger partial charge on any atom is 0.119 e. The van der Waals surface area contributed by atoms with Crippen molar-refractivity contribution < 1.29 is 9.84 Å². The van der Waals surface area contributed by atoms with Gasteiger partial charge in [0.2, 0.25) is 0 Å². The van der Waals surface area contributed by atoms with Gasteiger partial charge in [0.15, 0.2) is 0 Å². The largest absolute Gasteiger partial charge is 0.491 e. The van der Waals surface area contributed by atoms with Gasteiger partial charge in [-0.05, 0) is 30.3 Å². The molecule has 0 spiro atoms. The fraction of sp³-hybridized carbons (Fsp3) is 0.143. The van der Waals surface area contributed by atoms with Crippen LogP contribution in [0, 0.1) is 0 Å². The first kappa shape index (κ1) is 12.7. The molecule has 94 valence electrons. The fourth-order valence-electron chi connectivity index (χ4n) is 1.61. The first-order valence-corrected chi connectivity index (χ1v) is 5.95. The molecule has 4 heteroatoms. The van der Waals surface area contributed by atoms with Crippen LogP contribution in [-0.2, 0) is 0 Å². The van der Waals surface area contributed by atoms with Crippen molar-refractivity contribution in [1.29, 1.82) is 0 Å². The van der Waals surface area contributed by atoms with Gasteiger partial charge in [0, 0.05) is 16.3 Å². The second kappa shape index (κ2) is 5.76.